The van der Waals surface area contributed by atoms with E-state index in [2.05, 4.69) is 3.77 Å². The average Bonchev–Trinajstić information content (AvgIpc) is 2.85. The Balaban J connectivity index is 2.24. The molecule has 118 valence electrons. The molecule has 6 nitrogen and oxygen atoms in total. The zero-order valence-corrected chi connectivity index (χ0v) is 13.5. The van der Waals surface area contributed by atoms with Crippen LogP contribution in [0, 0.1) is 0 Å². The molecule has 0 N–H and O–H groups in total. The van der Waals surface area contributed by atoms with Crippen molar-refractivity contribution in [2.24, 2.45) is 3.77 Å². The second-order valence-electron chi connectivity index (χ2n) is 4.75. The number of hydrogen-bond acceptors (Lipinski definition) is 5. The maximum absolute atomic E-state index is 12.3. The van der Waals surface area contributed by atoms with Crippen LogP contribution in [0.15, 0.2) is 32.9 Å². The summed E-state index contributed by atoms with van der Waals surface area (Å²) in [6, 6.07) is 6.06. The van der Waals surface area contributed by atoms with Gasteiger partial charge in [-0.25, -0.2) is 4.21 Å². The van der Waals surface area contributed by atoms with E-state index in [1.165, 1.54) is 12.1 Å². The van der Waals surface area contributed by atoms with E-state index in [9.17, 15) is 12.6 Å². The van der Waals surface area contributed by atoms with Crippen LogP contribution in [0.2, 0.25) is 0 Å². The molecule has 0 radical (unpaired) electrons. The molecule has 0 amide bonds. The first kappa shape index (κ1) is 16.3. The monoisotopic (exact) mass is 333 g/mol. The minimum absolute atomic E-state index is 0.00652. The highest BCUT2D eigenvalue weighted by molar-refractivity contribution is 8.03. The van der Waals surface area contributed by atoms with Crippen molar-refractivity contribution in [2.45, 2.75) is 17.7 Å². The predicted octanol–water partition coefficient (Wildman–Crippen LogP) is 1.66. The second kappa shape index (κ2) is 6.76. The van der Waals surface area contributed by atoms with Gasteiger partial charge in [0, 0.05) is 24.7 Å². The molecule has 1 fully saturated rings. The third-order valence-electron chi connectivity index (χ3n) is 3.07. The lowest BCUT2D eigenvalue weighted by atomic mass is 10.3. The summed E-state index contributed by atoms with van der Waals surface area (Å²) in [5.41, 5.74) is 0. The summed E-state index contributed by atoms with van der Waals surface area (Å²) in [6.07, 6.45) is 1.52. The SMILES string of the molecule is COCCOc1cccc(S(=O)(=O)N=S2(=O)CCCC2)c1. The van der Waals surface area contributed by atoms with Crippen molar-refractivity contribution < 1.29 is 22.1 Å². The molecule has 1 aromatic rings. The van der Waals surface area contributed by atoms with Crippen LogP contribution in [0.4, 0.5) is 0 Å². The standard InChI is InChI=1S/C13H19NO5S2/c1-18-7-8-19-12-5-4-6-13(11-12)21(16,17)14-20(15)9-2-3-10-20/h4-6,11H,2-3,7-10H2,1H3. The van der Waals surface area contributed by atoms with E-state index in [0.717, 1.165) is 12.8 Å². The van der Waals surface area contributed by atoms with Crippen molar-refractivity contribution in [1.29, 1.82) is 0 Å². The topological polar surface area (TPSA) is 82.0 Å². The number of nitrogens with zero attached hydrogens (tertiary/aromatic N) is 1. The van der Waals surface area contributed by atoms with E-state index in [4.69, 9.17) is 9.47 Å². The predicted molar refractivity (Wildman–Crippen MR) is 80.5 cm³/mol. The molecule has 0 saturated carbocycles. The zero-order chi connectivity index (χ0) is 15.3. The zero-order valence-electron chi connectivity index (χ0n) is 11.9. The Kier molecular flexibility index (Phi) is 5.23. The first-order chi connectivity index (χ1) is 9.95. The molecule has 0 aliphatic carbocycles. The van der Waals surface area contributed by atoms with Crippen LogP contribution in [0.25, 0.3) is 0 Å². The molecule has 2 rings (SSSR count). The average molecular weight is 333 g/mol. The third-order valence-corrected chi connectivity index (χ3v) is 7.64. The molecule has 0 spiro atoms. The molecule has 0 unspecified atom stereocenters. The van der Waals surface area contributed by atoms with Gasteiger partial charge in [0.1, 0.15) is 12.4 Å². The van der Waals surface area contributed by atoms with Crippen LogP contribution in [0.1, 0.15) is 12.8 Å². The van der Waals surface area contributed by atoms with Gasteiger partial charge in [0.2, 0.25) is 0 Å². The normalized spacial score (nSPS) is 17.6. The fourth-order valence-corrected chi connectivity index (χ4v) is 6.42. The molecule has 21 heavy (non-hydrogen) atoms. The van der Waals surface area contributed by atoms with Gasteiger partial charge in [-0.1, -0.05) is 6.07 Å². The lowest BCUT2D eigenvalue weighted by molar-refractivity contribution is 0.146. The van der Waals surface area contributed by atoms with Gasteiger partial charge in [-0.05, 0) is 25.0 Å². The van der Waals surface area contributed by atoms with Crippen molar-refractivity contribution in [1.82, 2.24) is 0 Å². The van der Waals surface area contributed by atoms with Gasteiger partial charge in [0.05, 0.1) is 21.2 Å². The van der Waals surface area contributed by atoms with Crippen LogP contribution in [-0.4, -0.2) is 44.5 Å². The highest BCUT2D eigenvalue weighted by atomic mass is 32.3. The molecule has 1 heterocycles. The van der Waals surface area contributed by atoms with Crippen molar-refractivity contribution in [3.05, 3.63) is 24.3 Å². The Morgan fingerprint density at radius 2 is 1.95 bits per heavy atom. The number of ether oxygens (including phenoxy) is 2. The molecule has 0 bridgehead atoms. The van der Waals surface area contributed by atoms with Crippen molar-refractivity contribution >= 4 is 19.8 Å². The Bertz CT molecular complexity index is 693. The molecule has 1 aliphatic heterocycles. The van der Waals surface area contributed by atoms with E-state index in [1.54, 1.807) is 19.2 Å². The van der Waals surface area contributed by atoms with Crippen LogP contribution < -0.4 is 4.74 Å². The minimum Gasteiger partial charge on any atom is -0.491 e. The van der Waals surface area contributed by atoms with E-state index in [0.29, 0.717) is 30.5 Å². The fourth-order valence-electron chi connectivity index (χ4n) is 2.02. The van der Waals surface area contributed by atoms with Gasteiger partial charge in [-0.15, -0.1) is 3.77 Å². The summed E-state index contributed by atoms with van der Waals surface area (Å²) in [6.45, 7) is 0.739. The number of benzene rings is 1. The molecule has 0 atom stereocenters. The number of hydrogen-bond donors (Lipinski definition) is 0. The van der Waals surface area contributed by atoms with Gasteiger partial charge in [0.15, 0.2) is 0 Å². The largest absolute Gasteiger partial charge is 0.491 e. The van der Waals surface area contributed by atoms with Gasteiger partial charge in [0.25, 0.3) is 10.0 Å². The molecular formula is C13H19NO5S2. The van der Waals surface area contributed by atoms with E-state index >= 15 is 0 Å². The Labute approximate surface area is 125 Å². The lowest BCUT2D eigenvalue weighted by Crippen LogP contribution is -2.08. The van der Waals surface area contributed by atoms with Gasteiger partial charge < -0.3 is 9.47 Å². The lowest BCUT2D eigenvalue weighted by Gasteiger charge is -2.07. The molecule has 1 saturated heterocycles. The summed E-state index contributed by atoms with van der Waals surface area (Å²) in [5, 5.41) is 0. The van der Waals surface area contributed by atoms with Crippen LogP contribution >= 0.6 is 0 Å². The molecular weight excluding hydrogens is 314 g/mol. The number of sulfonamides is 1. The van der Waals surface area contributed by atoms with Gasteiger partial charge in [-0.3, -0.25) is 0 Å². The van der Waals surface area contributed by atoms with E-state index in [-0.39, 0.29) is 4.90 Å². The van der Waals surface area contributed by atoms with E-state index in [1.807, 2.05) is 0 Å². The quantitative estimate of drug-likeness (QED) is 0.740. The van der Waals surface area contributed by atoms with Gasteiger partial charge in [-0.2, -0.15) is 8.42 Å². The summed E-state index contributed by atoms with van der Waals surface area (Å²) in [4.78, 5) is 0.00652. The summed E-state index contributed by atoms with van der Waals surface area (Å²) in [5.74, 6) is 1.14. The van der Waals surface area contributed by atoms with Gasteiger partial charge >= 0.3 is 0 Å². The molecule has 1 aliphatic rings. The third kappa shape index (κ3) is 4.42. The molecule has 1 aromatic carbocycles. The molecule has 0 aromatic heterocycles. The first-order valence-electron chi connectivity index (χ1n) is 6.66. The van der Waals surface area contributed by atoms with Crippen molar-refractivity contribution in [2.75, 3.05) is 31.8 Å². The van der Waals surface area contributed by atoms with Crippen molar-refractivity contribution in [3.63, 3.8) is 0 Å². The number of methoxy groups -OCH3 is 1. The van der Waals surface area contributed by atoms with Crippen molar-refractivity contribution in [3.8, 4) is 5.75 Å². The fraction of sp³-hybridized carbons (Fsp3) is 0.538. The highest BCUT2D eigenvalue weighted by Crippen LogP contribution is 2.23. The van der Waals surface area contributed by atoms with E-state index < -0.39 is 19.8 Å². The summed E-state index contributed by atoms with van der Waals surface area (Å²) >= 11 is 0. The smallest absolute Gasteiger partial charge is 0.290 e. The first-order valence-corrected chi connectivity index (χ1v) is 9.95. The molecule has 8 heteroatoms. The summed E-state index contributed by atoms with van der Waals surface area (Å²) in [7, 11) is -4.98. The maximum Gasteiger partial charge on any atom is 0.290 e. The second-order valence-corrected chi connectivity index (χ2v) is 9.13. The van der Waals surface area contributed by atoms with Crippen LogP contribution in [-0.2, 0) is 24.5 Å². The van der Waals surface area contributed by atoms with Crippen LogP contribution in [0.3, 0.4) is 0 Å². The minimum atomic E-state index is -3.92. The number of rotatable bonds is 6. The highest BCUT2D eigenvalue weighted by Gasteiger charge is 2.22. The maximum atomic E-state index is 12.3. The Morgan fingerprint density at radius 3 is 2.62 bits per heavy atom. The van der Waals surface area contributed by atoms with Crippen LogP contribution in [0.5, 0.6) is 5.75 Å². The summed E-state index contributed by atoms with van der Waals surface area (Å²) < 4.78 is 50.7. The Morgan fingerprint density at radius 1 is 1.24 bits per heavy atom. The Hall–Kier alpha value is -1.12.